The largest absolute Gasteiger partial charge is 0.465 e. The van der Waals surface area contributed by atoms with Crippen molar-refractivity contribution in [2.45, 2.75) is 26.9 Å². The average Bonchev–Trinajstić information content (AvgIpc) is 2.54. The van der Waals surface area contributed by atoms with Crippen molar-refractivity contribution in [1.82, 2.24) is 5.32 Å². The van der Waals surface area contributed by atoms with Crippen molar-refractivity contribution < 1.29 is 9.90 Å². The zero-order valence-corrected chi connectivity index (χ0v) is 13.2. The van der Waals surface area contributed by atoms with E-state index in [4.69, 9.17) is 10.8 Å². The fraction of sp³-hybridized carbons (Fsp3) is 0.235. The quantitative estimate of drug-likeness (QED) is 0.729. The summed E-state index contributed by atoms with van der Waals surface area (Å²) in [5.74, 6) is 0. The normalized spacial score (nSPS) is 10.9. The van der Waals surface area contributed by atoms with Gasteiger partial charge in [-0.25, -0.2) is 4.79 Å². The highest BCUT2D eigenvalue weighted by atomic mass is 16.4. The molecule has 0 aromatic heterocycles. The van der Waals surface area contributed by atoms with Crippen molar-refractivity contribution in [3.63, 3.8) is 0 Å². The molecule has 1 amide bonds. The lowest BCUT2D eigenvalue weighted by Crippen LogP contribution is -2.19. The van der Waals surface area contributed by atoms with E-state index in [2.05, 4.69) is 15.5 Å². The molecule has 0 saturated heterocycles. The summed E-state index contributed by atoms with van der Waals surface area (Å²) in [4.78, 5) is 10.6. The number of aryl methyl sites for hydroxylation is 2. The van der Waals surface area contributed by atoms with E-state index in [0.717, 1.165) is 27.9 Å². The van der Waals surface area contributed by atoms with E-state index in [1.165, 1.54) is 0 Å². The van der Waals surface area contributed by atoms with Crippen LogP contribution >= 0.6 is 0 Å². The standard InChI is InChI=1S/C17H20N4O2/c1-11-3-5-13(9-18)7-15(11)20-21-16-8-14(6-4-12(16)2)10-19-17(22)23/h3-8,19H,9-10,18H2,1-2H3,(H,22,23). The summed E-state index contributed by atoms with van der Waals surface area (Å²) in [6.45, 7) is 4.60. The van der Waals surface area contributed by atoms with Crippen LogP contribution in [0.1, 0.15) is 22.3 Å². The number of hydrogen-bond acceptors (Lipinski definition) is 4. The molecule has 0 spiro atoms. The lowest BCUT2D eigenvalue weighted by atomic mass is 10.1. The SMILES string of the molecule is Cc1ccc(CN)cc1N=Nc1cc(CNC(=O)O)ccc1C. The number of hydrogen-bond donors (Lipinski definition) is 3. The minimum absolute atomic E-state index is 0.236. The van der Waals surface area contributed by atoms with Crippen molar-refractivity contribution in [3.8, 4) is 0 Å². The maximum atomic E-state index is 10.6. The second-order valence-electron chi connectivity index (χ2n) is 5.30. The number of azo groups is 1. The third-order valence-electron chi connectivity index (χ3n) is 3.49. The zero-order chi connectivity index (χ0) is 16.8. The number of nitrogens with two attached hydrogens (primary N) is 1. The second kappa shape index (κ2) is 7.51. The fourth-order valence-electron chi connectivity index (χ4n) is 2.05. The van der Waals surface area contributed by atoms with E-state index in [1.54, 1.807) is 0 Å². The highest BCUT2D eigenvalue weighted by Crippen LogP contribution is 2.26. The molecule has 0 heterocycles. The molecule has 0 unspecified atom stereocenters. The van der Waals surface area contributed by atoms with E-state index in [9.17, 15) is 4.79 Å². The molecule has 0 fully saturated rings. The number of amides is 1. The highest BCUT2D eigenvalue weighted by molar-refractivity contribution is 5.64. The molecular weight excluding hydrogens is 292 g/mol. The molecular formula is C17H20N4O2. The molecule has 2 rings (SSSR count). The van der Waals surface area contributed by atoms with Crippen LogP contribution in [0.15, 0.2) is 46.6 Å². The Morgan fingerprint density at radius 3 is 2.09 bits per heavy atom. The van der Waals surface area contributed by atoms with Crippen LogP contribution in [0.2, 0.25) is 0 Å². The van der Waals surface area contributed by atoms with E-state index < -0.39 is 6.09 Å². The third-order valence-corrected chi connectivity index (χ3v) is 3.49. The summed E-state index contributed by atoms with van der Waals surface area (Å²) < 4.78 is 0. The van der Waals surface area contributed by atoms with Crippen molar-refractivity contribution >= 4 is 17.5 Å². The molecule has 0 aliphatic carbocycles. The summed E-state index contributed by atoms with van der Waals surface area (Å²) in [6, 6.07) is 11.5. The molecule has 0 radical (unpaired) electrons. The van der Waals surface area contributed by atoms with Crippen molar-refractivity contribution in [2.75, 3.05) is 0 Å². The summed E-state index contributed by atoms with van der Waals surface area (Å²) in [5, 5.41) is 19.6. The smallest absolute Gasteiger partial charge is 0.404 e. The van der Waals surface area contributed by atoms with Gasteiger partial charge in [0.2, 0.25) is 0 Å². The Kier molecular flexibility index (Phi) is 5.43. The fourth-order valence-corrected chi connectivity index (χ4v) is 2.05. The van der Waals surface area contributed by atoms with Crippen molar-refractivity contribution in [3.05, 3.63) is 58.7 Å². The van der Waals surface area contributed by atoms with Gasteiger partial charge in [-0.05, 0) is 48.2 Å². The topological polar surface area (TPSA) is 100 Å². The maximum Gasteiger partial charge on any atom is 0.404 e. The van der Waals surface area contributed by atoms with E-state index >= 15 is 0 Å². The number of carboxylic acid groups (broad SMARTS) is 1. The summed E-state index contributed by atoms with van der Waals surface area (Å²) in [6.07, 6.45) is -1.05. The van der Waals surface area contributed by atoms with Crippen molar-refractivity contribution in [2.24, 2.45) is 16.0 Å². The van der Waals surface area contributed by atoms with Crippen LogP contribution in [0.4, 0.5) is 16.2 Å². The number of rotatable bonds is 5. The molecule has 0 atom stereocenters. The number of nitrogens with zero attached hydrogens (tertiary/aromatic N) is 2. The van der Waals surface area contributed by atoms with E-state index in [-0.39, 0.29) is 6.54 Å². The maximum absolute atomic E-state index is 10.6. The van der Waals surface area contributed by atoms with Crippen molar-refractivity contribution in [1.29, 1.82) is 0 Å². The van der Waals surface area contributed by atoms with E-state index in [0.29, 0.717) is 12.2 Å². The Balaban J connectivity index is 2.24. The Morgan fingerprint density at radius 2 is 1.57 bits per heavy atom. The van der Waals surface area contributed by atoms with Crippen LogP contribution in [0.3, 0.4) is 0 Å². The number of nitrogens with one attached hydrogen (secondary N) is 1. The summed E-state index contributed by atoms with van der Waals surface area (Å²) in [7, 11) is 0. The van der Waals surface area contributed by atoms with Crippen LogP contribution in [0.5, 0.6) is 0 Å². The van der Waals surface area contributed by atoms with Crippen LogP contribution in [-0.4, -0.2) is 11.2 Å². The van der Waals surface area contributed by atoms with Gasteiger partial charge in [0.15, 0.2) is 0 Å². The molecule has 6 nitrogen and oxygen atoms in total. The van der Waals surface area contributed by atoms with Crippen LogP contribution in [0.25, 0.3) is 0 Å². The lowest BCUT2D eigenvalue weighted by molar-refractivity contribution is 0.194. The van der Waals surface area contributed by atoms with E-state index in [1.807, 2.05) is 50.2 Å². The first-order chi connectivity index (χ1) is 11.0. The molecule has 2 aromatic carbocycles. The first kappa shape index (κ1) is 16.6. The van der Waals surface area contributed by atoms with Gasteiger partial charge in [0, 0.05) is 13.1 Å². The van der Waals surface area contributed by atoms with Crippen LogP contribution in [0, 0.1) is 13.8 Å². The molecule has 120 valence electrons. The van der Waals surface area contributed by atoms with Gasteiger partial charge in [-0.1, -0.05) is 24.3 Å². The summed E-state index contributed by atoms with van der Waals surface area (Å²) in [5.41, 5.74) is 11.0. The molecule has 6 heteroatoms. The van der Waals surface area contributed by atoms with Gasteiger partial charge in [0.1, 0.15) is 0 Å². The lowest BCUT2D eigenvalue weighted by Gasteiger charge is -2.06. The van der Waals surface area contributed by atoms with Crippen LogP contribution in [-0.2, 0) is 13.1 Å². The Labute approximate surface area is 135 Å². The Bertz CT molecular complexity index is 741. The summed E-state index contributed by atoms with van der Waals surface area (Å²) >= 11 is 0. The van der Waals surface area contributed by atoms with Gasteiger partial charge in [0.05, 0.1) is 11.4 Å². The predicted molar refractivity (Wildman–Crippen MR) is 89.3 cm³/mol. The predicted octanol–water partition coefficient (Wildman–Crippen LogP) is 3.95. The second-order valence-corrected chi connectivity index (χ2v) is 5.30. The third kappa shape index (κ3) is 4.62. The molecule has 0 bridgehead atoms. The average molecular weight is 312 g/mol. The number of benzene rings is 2. The zero-order valence-electron chi connectivity index (χ0n) is 13.2. The van der Waals surface area contributed by atoms with Gasteiger partial charge in [-0.2, -0.15) is 10.2 Å². The first-order valence-corrected chi connectivity index (χ1v) is 7.27. The monoisotopic (exact) mass is 312 g/mol. The molecule has 0 saturated carbocycles. The Hall–Kier alpha value is -2.73. The van der Waals surface area contributed by atoms with Gasteiger partial charge in [-0.15, -0.1) is 0 Å². The van der Waals surface area contributed by atoms with Gasteiger partial charge in [-0.3, -0.25) is 0 Å². The molecule has 0 aliphatic rings. The minimum atomic E-state index is -1.05. The minimum Gasteiger partial charge on any atom is -0.465 e. The van der Waals surface area contributed by atoms with Crippen LogP contribution < -0.4 is 11.1 Å². The number of carbonyl (C=O) groups is 1. The molecule has 4 N–H and O–H groups in total. The molecule has 23 heavy (non-hydrogen) atoms. The Morgan fingerprint density at radius 1 is 1.04 bits per heavy atom. The van der Waals surface area contributed by atoms with Gasteiger partial charge in [0.25, 0.3) is 0 Å². The molecule has 2 aromatic rings. The highest BCUT2D eigenvalue weighted by Gasteiger charge is 2.03. The van der Waals surface area contributed by atoms with Gasteiger partial charge >= 0.3 is 6.09 Å². The van der Waals surface area contributed by atoms with Gasteiger partial charge < -0.3 is 16.2 Å². The first-order valence-electron chi connectivity index (χ1n) is 7.27. The molecule has 0 aliphatic heterocycles.